The lowest BCUT2D eigenvalue weighted by Crippen LogP contribution is -1.95. The van der Waals surface area contributed by atoms with Gasteiger partial charge in [0.25, 0.3) is 0 Å². The lowest BCUT2D eigenvalue weighted by molar-refractivity contribution is 0.281. The van der Waals surface area contributed by atoms with Crippen LogP contribution in [0, 0.1) is 11.6 Å². The zero-order valence-corrected chi connectivity index (χ0v) is 10.5. The van der Waals surface area contributed by atoms with Crippen molar-refractivity contribution in [3.63, 3.8) is 0 Å². The Bertz CT molecular complexity index is 781. The van der Waals surface area contributed by atoms with E-state index in [0.717, 1.165) is 28.5 Å². The third kappa shape index (κ3) is 2.04. The summed E-state index contributed by atoms with van der Waals surface area (Å²) < 4.78 is 26.8. The van der Waals surface area contributed by atoms with Gasteiger partial charge in [-0.3, -0.25) is 4.98 Å². The maximum Gasteiger partial charge on any atom is 0.159 e. The number of rotatable bonds is 2. The molecule has 1 heterocycles. The number of benzene rings is 2. The van der Waals surface area contributed by atoms with Crippen LogP contribution in [0.15, 0.2) is 48.8 Å². The van der Waals surface area contributed by atoms with Crippen LogP contribution in [0.3, 0.4) is 0 Å². The maximum absolute atomic E-state index is 13.5. The molecule has 0 fully saturated rings. The molecule has 0 bridgehead atoms. The molecule has 100 valence electrons. The number of aromatic nitrogens is 1. The van der Waals surface area contributed by atoms with Gasteiger partial charge in [0.05, 0.1) is 6.61 Å². The highest BCUT2D eigenvalue weighted by atomic mass is 19.2. The summed E-state index contributed by atoms with van der Waals surface area (Å²) in [5.41, 5.74) is 1.55. The molecular formula is C16H11F2NO. The Morgan fingerprint density at radius 2 is 1.80 bits per heavy atom. The Morgan fingerprint density at radius 3 is 2.60 bits per heavy atom. The van der Waals surface area contributed by atoms with Crippen LogP contribution in [-0.2, 0) is 6.61 Å². The molecule has 3 rings (SSSR count). The van der Waals surface area contributed by atoms with Gasteiger partial charge in [0, 0.05) is 17.8 Å². The molecule has 0 atom stereocenters. The minimum atomic E-state index is -0.962. The second kappa shape index (κ2) is 4.98. The zero-order valence-electron chi connectivity index (χ0n) is 10.5. The number of hydrogen-bond acceptors (Lipinski definition) is 2. The second-order valence-corrected chi connectivity index (χ2v) is 4.48. The van der Waals surface area contributed by atoms with Gasteiger partial charge >= 0.3 is 0 Å². The molecule has 0 saturated carbocycles. The molecule has 0 radical (unpaired) electrons. The van der Waals surface area contributed by atoms with Gasteiger partial charge < -0.3 is 5.11 Å². The van der Waals surface area contributed by atoms with Crippen LogP contribution in [0.25, 0.3) is 21.9 Å². The van der Waals surface area contributed by atoms with Crippen molar-refractivity contribution in [2.24, 2.45) is 0 Å². The minimum absolute atomic E-state index is 0.347. The molecule has 0 aliphatic rings. The lowest BCUT2D eigenvalue weighted by atomic mass is 9.95. The van der Waals surface area contributed by atoms with Crippen molar-refractivity contribution in [3.8, 4) is 11.1 Å². The number of aliphatic hydroxyl groups is 1. The van der Waals surface area contributed by atoms with E-state index in [2.05, 4.69) is 4.98 Å². The van der Waals surface area contributed by atoms with Crippen LogP contribution in [0.5, 0.6) is 0 Å². The van der Waals surface area contributed by atoms with Crippen LogP contribution < -0.4 is 0 Å². The molecule has 0 amide bonds. The van der Waals surface area contributed by atoms with Crippen LogP contribution in [0.1, 0.15) is 5.56 Å². The van der Waals surface area contributed by atoms with Gasteiger partial charge in [-0.25, -0.2) is 8.78 Å². The van der Waals surface area contributed by atoms with E-state index in [1.165, 1.54) is 0 Å². The monoisotopic (exact) mass is 271 g/mol. The van der Waals surface area contributed by atoms with E-state index in [1.54, 1.807) is 18.5 Å². The molecule has 2 nitrogen and oxygen atoms in total. The number of nitrogens with zero attached hydrogens (tertiary/aromatic N) is 1. The summed E-state index contributed by atoms with van der Waals surface area (Å²) in [6.45, 7) is -0.358. The molecular weight excluding hydrogens is 260 g/mol. The molecule has 1 N–H and O–H groups in total. The average Bonchev–Trinajstić information content (AvgIpc) is 2.49. The number of pyridine rings is 1. The van der Waals surface area contributed by atoms with E-state index in [9.17, 15) is 13.9 Å². The SMILES string of the molecule is OCc1cc(F)c(F)cc1-c1cccc2ccncc12. The van der Waals surface area contributed by atoms with Gasteiger partial charge in [-0.2, -0.15) is 0 Å². The van der Waals surface area contributed by atoms with Crippen molar-refractivity contribution in [1.29, 1.82) is 0 Å². The molecule has 2 aromatic carbocycles. The lowest BCUT2D eigenvalue weighted by Gasteiger charge is -2.11. The predicted molar refractivity (Wildman–Crippen MR) is 73.0 cm³/mol. The molecule has 1 aromatic heterocycles. The van der Waals surface area contributed by atoms with Gasteiger partial charge in [0.1, 0.15) is 0 Å². The van der Waals surface area contributed by atoms with Crippen LogP contribution in [0.2, 0.25) is 0 Å². The topological polar surface area (TPSA) is 33.1 Å². The highest BCUT2D eigenvalue weighted by molar-refractivity contribution is 5.96. The van der Waals surface area contributed by atoms with Crippen molar-refractivity contribution in [2.45, 2.75) is 6.61 Å². The highest BCUT2D eigenvalue weighted by Crippen LogP contribution is 2.32. The quantitative estimate of drug-likeness (QED) is 0.771. The Kier molecular flexibility index (Phi) is 3.16. The smallest absolute Gasteiger partial charge is 0.159 e. The Morgan fingerprint density at radius 1 is 1.00 bits per heavy atom. The van der Waals surface area contributed by atoms with Gasteiger partial charge in [-0.05, 0) is 40.3 Å². The molecule has 3 aromatic rings. The van der Waals surface area contributed by atoms with Crippen molar-refractivity contribution in [1.82, 2.24) is 4.98 Å². The Labute approximate surface area is 114 Å². The minimum Gasteiger partial charge on any atom is -0.392 e. The highest BCUT2D eigenvalue weighted by Gasteiger charge is 2.13. The zero-order chi connectivity index (χ0) is 14.1. The fourth-order valence-electron chi connectivity index (χ4n) is 2.32. The largest absolute Gasteiger partial charge is 0.392 e. The van der Waals surface area contributed by atoms with Gasteiger partial charge in [0.15, 0.2) is 11.6 Å². The van der Waals surface area contributed by atoms with Crippen LogP contribution >= 0.6 is 0 Å². The van der Waals surface area contributed by atoms with Gasteiger partial charge in [0.2, 0.25) is 0 Å². The molecule has 0 saturated heterocycles. The number of fused-ring (bicyclic) bond motifs is 1. The van der Waals surface area contributed by atoms with Crippen molar-refractivity contribution in [3.05, 3.63) is 66.0 Å². The van der Waals surface area contributed by atoms with E-state index in [4.69, 9.17) is 0 Å². The standard InChI is InChI=1S/C16H11F2NO/c17-15-6-11(9-20)13(7-16(15)18)12-3-1-2-10-4-5-19-8-14(10)12/h1-8,20H,9H2. The predicted octanol–water partition coefficient (Wildman–Crippen LogP) is 3.67. The number of aliphatic hydroxyl groups excluding tert-OH is 1. The molecule has 0 unspecified atom stereocenters. The van der Waals surface area contributed by atoms with Crippen molar-refractivity contribution in [2.75, 3.05) is 0 Å². The summed E-state index contributed by atoms with van der Waals surface area (Å²) in [5.74, 6) is -1.89. The van der Waals surface area contributed by atoms with Crippen LogP contribution in [-0.4, -0.2) is 10.1 Å². The first-order valence-corrected chi connectivity index (χ1v) is 6.12. The summed E-state index contributed by atoms with van der Waals surface area (Å²) in [5, 5.41) is 11.1. The van der Waals surface area contributed by atoms with Crippen LogP contribution in [0.4, 0.5) is 8.78 Å². The Hall–Kier alpha value is -2.33. The molecule has 4 heteroatoms. The van der Waals surface area contributed by atoms with E-state index in [1.807, 2.05) is 18.2 Å². The molecule has 20 heavy (non-hydrogen) atoms. The molecule has 0 spiro atoms. The first-order chi connectivity index (χ1) is 9.70. The fraction of sp³-hybridized carbons (Fsp3) is 0.0625. The van der Waals surface area contributed by atoms with E-state index < -0.39 is 11.6 Å². The first-order valence-electron chi connectivity index (χ1n) is 6.12. The van der Waals surface area contributed by atoms with Crippen molar-refractivity contribution >= 4 is 10.8 Å². The first kappa shape index (κ1) is 12.7. The summed E-state index contributed by atoms with van der Waals surface area (Å²) >= 11 is 0. The number of hydrogen-bond donors (Lipinski definition) is 1. The third-order valence-corrected chi connectivity index (χ3v) is 3.29. The third-order valence-electron chi connectivity index (χ3n) is 3.29. The summed E-state index contributed by atoms with van der Waals surface area (Å²) in [6, 6.07) is 9.54. The Balaban J connectivity index is 2.33. The van der Waals surface area contributed by atoms with E-state index in [-0.39, 0.29) is 6.61 Å². The normalized spacial score (nSPS) is 10.9. The maximum atomic E-state index is 13.5. The van der Waals surface area contributed by atoms with E-state index >= 15 is 0 Å². The summed E-state index contributed by atoms with van der Waals surface area (Å²) in [6.07, 6.45) is 3.34. The summed E-state index contributed by atoms with van der Waals surface area (Å²) in [4.78, 5) is 4.06. The molecule has 0 aliphatic carbocycles. The molecule has 0 aliphatic heterocycles. The van der Waals surface area contributed by atoms with E-state index in [0.29, 0.717) is 11.1 Å². The average molecular weight is 271 g/mol. The second-order valence-electron chi connectivity index (χ2n) is 4.48. The fourth-order valence-corrected chi connectivity index (χ4v) is 2.32. The van der Waals surface area contributed by atoms with Crippen molar-refractivity contribution < 1.29 is 13.9 Å². The van der Waals surface area contributed by atoms with Gasteiger partial charge in [-0.15, -0.1) is 0 Å². The summed E-state index contributed by atoms with van der Waals surface area (Å²) in [7, 11) is 0. The van der Waals surface area contributed by atoms with Gasteiger partial charge in [-0.1, -0.05) is 18.2 Å². The number of halogens is 2.